The van der Waals surface area contributed by atoms with Crippen molar-refractivity contribution in [3.8, 4) is 5.75 Å². The minimum absolute atomic E-state index is 0.0897. The van der Waals surface area contributed by atoms with Crippen LogP contribution in [0.5, 0.6) is 5.75 Å². The number of amides is 1. The van der Waals surface area contributed by atoms with Crippen molar-refractivity contribution in [3.63, 3.8) is 0 Å². The summed E-state index contributed by atoms with van der Waals surface area (Å²) in [5.74, 6) is 0.724. The van der Waals surface area contributed by atoms with Crippen molar-refractivity contribution in [1.29, 1.82) is 0 Å². The molecule has 0 aliphatic carbocycles. The Hall–Kier alpha value is -2.28. The highest BCUT2D eigenvalue weighted by Crippen LogP contribution is 2.38. The maximum atomic E-state index is 13.1. The molecule has 1 amide bonds. The predicted molar refractivity (Wildman–Crippen MR) is 124 cm³/mol. The van der Waals surface area contributed by atoms with E-state index in [1.54, 1.807) is 23.8 Å². The third kappa shape index (κ3) is 3.43. The van der Waals surface area contributed by atoms with Crippen molar-refractivity contribution in [2.45, 2.75) is 4.90 Å². The zero-order chi connectivity index (χ0) is 19.7. The summed E-state index contributed by atoms with van der Waals surface area (Å²) < 4.78 is 6.01. The molecule has 0 radical (unpaired) electrons. The number of hydrogen-bond acceptors (Lipinski definition) is 5. The maximum absolute atomic E-state index is 13.1. The highest BCUT2D eigenvalue weighted by molar-refractivity contribution is 8.27. The summed E-state index contributed by atoms with van der Waals surface area (Å²) in [5.41, 5.74) is 1.77. The molecule has 3 aromatic carbocycles. The zero-order valence-electron chi connectivity index (χ0n) is 15.3. The van der Waals surface area contributed by atoms with Crippen LogP contribution in [-0.4, -0.2) is 23.6 Å². The van der Waals surface area contributed by atoms with E-state index in [0.29, 0.717) is 9.23 Å². The van der Waals surface area contributed by atoms with Crippen molar-refractivity contribution in [1.82, 2.24) is 0 Å². The standard InChI is InChI=1S/C22H17NO2S3/c1-25-19-11-10-14(17-8-3-4-9-18(17)19)12-20-21(24)23(22(26)28-20)15-6-5-7-16(13-15)27-2/h3-13H,1-2H3/b20-12+. The molecule has 0 atom stereocenters. The van der Waals surface area contributed by atoms with Gasteiger partial charge in [-0.15, -0.1) is 11.8 Å². The van der Waals surface area contributed by atoms with Crippen LogP contribution in [0.1, 0.15) is 5.56 Å². The Bertz CT molecular complexity index is 1120. The summed E-state index contributed by atoms with van der Waals surface area (Å²) in [6, 6.07) is 19.8. The molecule has 3 nitrogen and oxygen atoms in total. The number of nitrogens with zero attached hydrogens (tertiary/aromatic N) is 1. The monoisotopic (exact) mass is 423 g/mol. The topological polar surface area (TPSA) is 29.5 Å². The van der Waals surface area contributed by atoms with Crippen LogP contribution in [0.3, 0.4) is 0 Å². The van der Waals surface area contributed by atoms with E-state index in [2.05, 4.69) is 0 Å². The van der Waals surface area contributed by atoms with Gasteiger partial charge < -0.3 is 4.74 Å². The molecule has 28 heavy (non-hydrogen) atoms. The maximum Gasteiger partial charge on any atom is 0.270 e. The number of rotatable bonds is 4. The zero-order valence-corrected chi connectivity index (χ0v) is 17.8. The van der Waals surface area contributed by atoms with E-state index in [9.17, 15) is 4.79 Å². The average molecular weight is 424 g/mol. The van der Waals surface area contributed by atoms with Gasteiger partial charge in [-0.05, 0) is 47.5 Å². The third-order valence-electron chi connectivity index (χ3n) is 4.53. The second-order valence-corrected chi connectivity index (χ2v) is 8.68. The fourth-order valence-corrected chi connectivity index (χ4v) is 4.92. The Morgan fingerprint density at radius 1 is 1.07 bits per heavy atom. The van der Waals surface area contributed by atoms with E-state index in [4.69, 9.17) is 17.0 Å². The van der Waals surface area contributed by atoms with Crippen LogP contribution in [0.15, 0.2) is 70.5 Å². The summed E-state index contributed by atoms with van der Waals surface area (Å²) in [5, 5.41) is 2.05. The Morgan fingerprint density at radius 3 is 2.61 bits per heavy atom. The number of carbonyl (C=O) groups is 1. The molecule has 4 rings (SSSR count). The van der Waals surface area contributed by atoms with Crippen LogP contribution in [-0.2, 0) is 4.79 Å². The van der Waals surface area contributed by atoms with E-state index in [1.165, 1.54) is 11.8 Å². The Labute approximate surface area is 177 Å². The van der Waals surface area contributed by atoms with Crippen LogP contribution in [0.2, 0.25) is 0 Å². The van der Waals surface area contributed by atoms with Crippen molar-refractivity contribution in [2.75, 3.05) is 18.3 Å². The second kappa shape index (κ2) is 7.99. The molecule has 0 aromatic heterocycles. The first-order valence-electron chi connectivity index (χ1n) is 8.60. The lowest BCUT2D eigenvalue weighted by molar-refractivity contribution is -0.113. The molecule has 6 heteroatoms. The van der Waals surface area contributed by atoms with E-state index < -0.39 is 0 Å². The van der Waals surface area contributed by atoms with Gasteiger partial charge in [0.05, 0.1) is 17.7 Å². The molecule has 1 aliphatic heterocycles. The minimum atomic E-state index is -0.0897. The lowest BCUT2D eigenvalue weighted by atomic mass is 10.0. The number of fused-ring (bicyclic) bond motifs is 1. The number of thioether (sulfide) groups is 2. The van der Waals surface area contributed by atoms with Gasteiger partial charge in [0, 0.05) is 10.3 Å². The summed E-state index contributed by atoms with van der Waals surface area (Å²) >= 11 is 8.48. The number of methoxy groups -OCH3 is 1. The first-order chi connectivity index (χ1) is 13.6. The van der Waals surface area contributed by atoms with Gasteiger partial charge >= 0.3 is 0 Å². The first-order valence-corrected chi connectivity index (χ1v) is 11.0. The number of anilines is 1. The molecule has 0 N–H and O–H groups in total. The van der Waals surface area contributed by atoms with Crippen LogP contribution in [0.4, 0.5) is 5.69 Å². The summed E-state index contributed by atoms with van der Waals surface area (Å²) in [6.45, 7) is 0. The SMILES string of the molecule is COc1ccc(/C=C2/SC(=S)N(c3cccc(SC)c3)C2=O)c2ccccc12. The highest BCUT2D eigenvalue weighted by Gasteiger charge is 2.33. The predicted octanol–water partition coefficient (Wildman–Crippen LogP) is 5.98. The molecule has 0 saturated carbocycles. The molecule has 140 valence electrons. The molecule has 1 heterocycles. The molecule has 3 aromatic rings. The van der Waals surface area contributed by atoms with Gasteiger partial charge in [0.2, 0.25) is 0 Å². The van der Waals surface area contributed by atoms with Crippen molar-refractivity contribution < 1.29 is 9.53 Å². The number of thiocarbonyl (C=S) groups is 1. The van der Waals surface area contributed by atoms with Crippen LogP contribution >= 0.6 is 35.7 Å². The van der Waals surface area contributed by atoms with E-state index in [0.717, 1.165) is 32.7 Å². The summed E-state index contributed by atoms with van der Waals surface area (Å²) in [4.78, 5) is 16.4. The van der Waals surface area contributed by atoms with Gasteiger partial charge in [0.1, 0.15) is 5.75 Å². The van der Waals surface area contributed by atoms with Crippen LogP contribution in [0, 0.1) is 0 Å². The fraction of sp³-hybridized carbons (Fsp3) is 0.0909. The summed E-state index contributed by atoms with van der Waals surface area (Å²) in [6.07, 6.45) is 3.93. The van der Waals surface area contributed by atoms with Gasteiger partial charge in [-0.2, -0.15) is 0 Å². The minimum Gasteiger partial charge on any atom is -0.496 e. The quantitative estimate of drug-likeness (QED) is 0.293. The van der Waals surface area contributed by atoms with Crippen LogP contribution < -0.4 is 9.64 Å². The van der Waals surface area contributed by atoms with Gasteiger partial charge in [0.15, 0.2) is 4.32 Å². The highest BCUT2D eigenvalue weighted by atomic mass is 32.2. The van der Waals surface area contributed by atoms with Gasteiger partial charge in [-0.25, -0.2) is 0 Å². The van der Waals surface area contributed by atoms with Crippen molar-refractivity contribution in [3.05, 3.63) is 71.1 Å². The lowest BCUT2D eigenvalue weighted by Gasteiger charge is -2.15. The fourth-order valence-electron chi connectivity index (χ4n) is 3.18. The Kier molecular flexibility index (Phi) is 5.44. The number of carbonyl (C=O) groups excluding carboxylic acids is 1. The molecular weight excluding hydrogens is 406 g/mol. The second-order valence-electron chi connectivity index (χ2n) is 6.12. The molecule has 0 unspecified atom stereocenters. The lowest BCUT2D eigenvalue weighted by Crippen LogP contribution is -2.27. The molecule has 0 bridgehead atoms. The smallest absolute Gasteiger partial charge is 0.270 e. The van der Waals surface area contributed by atoms with Crippen molar-refractivity contribution in [2.24, 2.45) is 0 Å². The van der Waals surface area contributed by atoms with E-state index >= 15 is 0 Å². The average Bonchev–Trinajstić information content (AvgIpc) is 3.01. The normalized spacial score (nSPS) is 15.6. The first kappa shape index (κ1) is 19.1. The van der Waals surface area contributed by atoms with Gasteiger partial charge in [-0.3, -0.25) is 9.69 Å². The Morgan fingerprint density at radius 2 is 1.86 bits per heavy atom. The van der Waals surface area contributed by atoms with Gasteiger partial charge in [0.25, 0.3) is 5.91 Å². The van der Waals surface area contributed by atoms with E-state index in [-0.39, 0.29) is 5.91 Å². The molecular formula is C22H17NO2S3. The number of ether oxygens (including phenoxy) is 1. The molecule has 1 saturated heterocycles. The van der Waals surface area contributed by atoms with Crippen molar-refractivity contribution >= 4 is 68.5 Å². The largest absolute Gasteiger partial charge is 0.496 e. The molecule has 1 aliphatic rings. The third-order valence-corrected chi connectivity index (χ3v) is 6.56. The summed E-state index contributed by atoms with van der Waals surface area (Å²) in [7, 11) is 1.66. The molecule has 0 spiro atoms. The Balaban J connectivity index is 1.75. The van der Waals surface area contributed by atoms with Crippen LogP contribution in [0.25, 0.3) is 16.8 Å². The van der Waals surface area contributed by atoms with Gasteiger partial charge in [-0.1, -0.05) is 60.4 Å². The number of hydrogen-bond donors (Lipinski definition) is 0. The van der Waals surface area contributed by atoms with E-state index in [1.807, 2.05) is 73.0 Å². The molecule has 1 fully saturated rings. The number of benzene rings is 3.